The summed E-state index contributed by atoms with van der Waals surface area (Å²) in [6.45, 7) is 8.06. The number of likely N-dealkylation sites (N-methyl/N-ethyl adjacent to an activating group) is 1. The Labute approximate surface area is 154 Å². The molecule has 0 spiro atoms. The van der Waals surface area contributed by atoms with Gasteiger partial charge in [0, 0.05) is 16.6 Å². The summed E-state index contributed by atoms with van der Waals surface area (Å²) in [6, 6.07) is 15.4. The Bertz CT molecular complexity index is 646. The summed E-state index contributed by atoms with van der Waals surface area (Å²) in [5, 5.41) is 1.39. The first-order valence-corrected chi connectivity index (χ1v) is 8.96. The van der Waals surface area contributed by atoms with E-state index in [1.54, 1.807) is 0 Å². The van der Waals surface area contributed by atoms with E-state index in [-0.39, 0.29) is 0 Å². The number of rotatable bonds is 8. The van der Waals surface area contributed by atoms with Gasteiger partial charge >= 0.3 is 0 Å². The van der Waals surface area contributed by atoms with E-state index in [0.29, 0.717) is 16.7 Å². The Morgan fingerprint density at radius 3 is 2.21 bits per heavy atom. The minimum atomic E-state index is 0.682. The van der Waals surface area contributed by atoms with E-state index >= 15 is 0 Å². The molecule has 0 aliphatic rings. The lowest BCUT2D eigenvalue weighted by atomic mass is 10.1. The van der Waals surface area contributed by atoms with Crippen molar-refractivity contribution in [3.63, 3.8) is 0 Å². The fourth-order valence-corrected chi connectivity index (χ4v) is 2.71. The standard InChI is InChI=1S/C20H23Cl2NO/c1-3-23(4-2)13-14-24-19-11-5-16(6-12-19)15-20(22)17-7-9-18(21)10-8-17/h5-12,15H,3-4,13-14H2,1-2H3/b20-15+. The second-order valence-electron chi connectivity index (χ2n) is 5.44. The highest BCUT2D eigenvalue weighted by Crippen LogP contribution is 2.24. The summed E-state index contributed by atoms with van der Waals surface area (Å²) in [6.07, 6.45) is 1.93. The molecule has 2 aromatic rings. The van der Waals surface area contributed by atoms with Crippen molar-refractivity contribution in [1.82, 2.24) is 4.90 Å². The Morgan fingerprint density at radius 2 is 1.62 bits per heavy atom. The fourth-order valence-electron chi connectivity index (χ4n) is 2.33. The first-order chi connectivity index (χ1) is 11.6. The molecule has 0 bridgehead atoms. The molecule has 0 fully saturated rings. The summed E-state index contributed by atoms with van der Waals surface area (Å²) in [5.74, 6) is 0.877. The van der Waals surface area contributed by atoms with Crippen molar-refractivity contribution < 1.29 is 4.74 Å². The minimum Gasteiger partial charge on any atom is -0.492 e. The van der Waals surface area contributed by atoms with E-state index in [4.69, 9.17) is 27.9 Å². The van der Waals surface area contributed by atoms with Gasteiger partial charge in [-0.2, -0.15) is 0 Å². The summed E-state index contributed by atoms with van der Waals surface area (Å²) >= 11 is 12.3. The van der Waals surface area contributed by atoms with Crippen LogP contribution in [0.3, 0.4) is 0 Å². The van der Waals surface area contributed by atoms with Crippen LogP contribution in [-0.2, 0) is 0 Å². The molecular weight excluding hydrogens is 341 g/mol. The van der Waals surface area contributed by atoms with Crippen molar-refractivity contribution in [3.05, 3.63) is 64.7 Å². The highest BCUT2D eigenvalue weighted by molar-refractivity contribution is 6.51. The molecule has 0 heterocycles. The number of halogens is 2. The van der Waals surface area contributed by atoms with Crippen molar-refractivity contribution in [2.45, 2.75) is 13.8 Å². The summed E-state index contributed by atoms with van der Waals surface area (Å²) in [7, 11) is 0. The van der Waals surface area contributed by atoms with Crippen LogP contribution in [0.15, 0.2) is 48.5 Å². The van der Waals surface area contributed by atoms with Crippen LogP contribution in [0.1, 0.15) is 25.0 Å². The van der Waals surface area contributed by atoms with Crippen molar-refractivity contribution in [1.29, 1.82) is 0 Å². The van der Waals surface area contributed by atoms with E-state index in [9.17, 15) is 0 Å². The molecule has 0 aliphatic carbocycles. The van der Waals surface area contributed by atoms with Crippen molar-refractivity contribution in [2.75, 3.05) is 26.2 Å². The molecular formula is C20H23Cl2NO. The smallest absolute Gasteiger partial charge is 0.119 e. The molecule has 2 rings (SSSR count). The molecule has 0 aliphatic heterocycles. The molecule has 0 atom stereocenters. The Morgan fingerprint density at radius 1 is 1.00 bits per heavy atom. The number of hydrogen-bond donors (Lipinski definition) is 0. The predicted octanol–water partition coefficient (Wildman–Crippen LogP) is 5.80. The first-order valence-electron chi connectivity index (χ1n) is 8.20. The van der Waals surface area contributed by atoms with Crippen LogP contribution < -0.4 is 4.74 Å². The topological polar surface area (TPSA) is 12.5 Å². The van der Waals surface area contributed by atoms with E-state index in [1.165, 1.54) is 0 Å². The van der Waals surface area contributed by atoms with Crippen molar-refractivity contribution >= 4 is 34.3 Å². The number of ether oxygens (including phenoxy) is 1. The molecule has 4 heteroatoms. The average Bonchev–Trinajstić information content (AvgIpc) is 2.60. The van der Waals surface area contributed by atoms with Gasteiger partial charge in [-0.25, -0.2) is 0 Å². The molecule has 2 aromatic carbocycles. The third-order valence-electron chi connectivity index (χ3n) is 3.86. The molecule has 0 saturated carbocycles. The SMILES string of the molecule is CCN(CC)CCOc1ccc(/C=C(/Cl)c2ccc(Cl)cc2)cc1. The maximum Gasteiger partial charge on any atom is 0.119 e. The van der Waals surface area contributed by atoms with Crippen LogP contribution in [-0.4, -0.2) is 31.1 Å². The van der Waals surface area contributed by atoms with Gasteiger partial charge in [0.2, 0.25) is 0 Å². The van der Waals surface area contributed by atoms with Crippen LogP contribution in [0.4, 0.5) is 0 Å². The molecule has 128 valence electrons. The Hall–Kier alpha value is -1.48. The minimum absolute atomic E-state index is 0.682. The quantitative estimate of drug-likeness (QED) is 0.549. The van der Waals surface area contributed by atoms with E-state index in [0.717, 1.165) is 36.5 Å². The highest BCUT2D eigenvalue weighted by atomic mass is 35.5. The lowest BCUT2D eigenvalue weighted by Gasteiger charge is -2.18. The van der Waals surface area contributed by atoms with Gasteiger partial charge in [-0.15, -0.1) is 0 Å². The van der Waals surface area contributed by atoms with Crippen LogP contribution in [0.5, 0.6) is 5.75 Å². The fraction of sp³-hybridized carbons (Fsp3) is 0.300. The van der Waals surface area contributed by atoms with Crippen molar-refractivity contribution in [2.24, 2.45) is 0 Å². The Kier molecular flexibility index (Phi) is 7.64. The van der Waals surface area contributed by atoms with Crippen LogP contribution >= 0.6 is 23.2 Å². The van der Waals surface area contributed by atoms with Gasteiger partial charge in [0.25, 0.3) is 0 Å². The molecule has 0 radical (unpaired) electrons. The van der Waals surface area contributed by atoms with Crippen LogP contribution in [0.2, 0.25) is 5.02 Å². The van der Waals surface area contributed by atoms with Gasteiger partial charge in [-0.1, -0.05) is 61.3 Å². The number of benzene rings is 2. The largest absolute Gasteiger partial charge is 0.492 e. The second kappa shape index (κ2) is 9.73. The zero-order valence-corrected chi connectivity index (χ0v) is 15.6. The Balaban J connectivity index is 1.94. The van der Waals surface area contributed by atoms with E-state index in [2.05, 4.69) is 18.7 Å². The highest BCUT2D eigenvalue weighted by Gasteiger charge is 2.01. The van der Waals surface area contributed by atoms with Crippen LogP contribution in [0, 0.1) is 0 Å². The molecule has 0 unspecified atom stereocenters. The predicted molar refractivity (Wildman–Crippen MR) is 105 cm³/mol. The number of nitrogens with zero attached hydrogens (tertiary/aromatic N) is 1. The van der Waals surface area contributed by atoms with Crippen molar-refractivity contribution in [3.8, 4) is 5.75 Å². The molecule has 0 aromatic heterocycles. The van der Waals surface area contributed by atoms with Gasteiger partial charge in [-0.3, -0.25) is 0 Å². The van der Waals surface area contributed by atoms with E-state index < -0.39 is 0 Å². The normalized spacial score (nSPS) is 11.8. The lowest BCUT2D eigenvalue weighted by Crippen LogP contribution is -2.27. The second-order valence-corrected chi connectivity index (χ2v) is 6.29. The van der Waals surface area contributed by atoms with Gasteiger partial charge < -0.3 is 9.64 Å². The maximum atomic E-state index is 6.36. The summed E-state index contributed by atoms with van der Waals surface area (Å²) < 4.78 is 5.79. The third-order valence-corrected chi connectivity index (χ3v) is 4.44. The molecule has 2 nitrogen and oxygen atoms in total. The molecule has 0 N–H and O–H groups in total. The van der Waals surface area contributed by atoms with Gasteiger partial charge in [-0.05, 0) is 54.6 Å². The molecule has 24 heavy (non-hydrogen) atoms. The van der Waals surface area contributed by atoms with Gasteiger partial charge in [0.05, 0.1) is 0 Å². The van der Waals surface area contributed by atoms with Crippen LogP contribution in [0.25, 0.3) is 11.1 Å². The molecule has 0 amide bonds. The maximum absolute atomic E-state index is 6.36. The number of hydrogen-bond acceptors (Lipinski definition) is 2. The zero-order valence-electron chi connectivity index (χ0n) is 14.1. The third kappa shape index (κ3) is 5.86. The average molecular weight is 364 g/mol. The molecule has 0 saturated heterocycles. The van der Waals surface area contributed by atoms with Gasteiger partial charge in [0.1, 0.15) is 12.4 Å². The lowest BCUT2D eigenvalue weighted by molar-refractivity contribution is 0.223. The summed E-state index contributed by atoms with van der Waals surface area (Å²) in [4.78, 5) is 2.34. The monoisotopic (exact) mass is 363 g/mol. The van der Waals surface area contributed by atoms with Gasteiger partial charge in [0.15, 0.2) is 0 Å². The first kappa shape index (κ1) is 18.9. The summed E-state index contributed by atoms with van der Waals surface area (Å²) in [5.41, 5.74) is 1.98. The zero-order chi connectivity index (χ0) is 17.4. The van der Waals surface area contributed by atoms with E-state index in [1.807, 2.05) is 54.6 Å².